The largest absolute Gasteiger partial charge is 0.481 e. The number of amides is 2. The van der Waals surface area contributed by atoms with Crippen molar-refractivity contribution in [3.63, 3.8) is 0 Å². The summed E-state index contributed by atoms with van der Waals surface area (Å²) < 4.78 is 5.60. The molecule has 2 amide bonds. The monoisotopic (exact) mass is 630 g/mol. The number of hydrogen-bond donors (Lipinski definition) is 5. The number of aliphatic hydroxyl groups excluding tert-OH is 1. The lowest BCUT2D eigenvalue weighted by molar-refractivity contribution is -0.119. The Balaban J connectivity index is 1.32. The molecule has 1 saturated heterocycles. The van der Waals surface area contributed by atoms with E-state index in [0.717, 1.165) is 23.1 Å². The van der Waals surface area contributed by atoms with Crippen LogP contribution in [-0.4, -0.2) is 69.7 Å². The lowest BCUT2D eigenvalue weighted by atomic mass is 10.0. The Morgan fingerprint density at radius 2 is 1.96 bits per heavy atom. The molecule has 4 aromatic rings. The Morgan fingerprint density at radius 3 is 2.69 bits per heavy atom. The smallest absolute Gasteiger partial charge is 0.275 e. The van der Waals surface area contributed by atoms with Gasteiger partial charge >= 0.3 is 0 Å². The van der Waals surface area contributed by atoms with Gasteiger partial charge in [0, 0.05) is 67.2 Å². The van der Waals surface area contributed by atoms with Gasteiger partial charge in [0.1, 0.15) is 5.69 Å². The normalized spacial score (nSPS) is 14.3. The first-order valence-electron chi connectivity index (χ1n) is 14.6. The Hall–Kier alpha value is -4.49. The van der Waals surface area contributed by atoms with Gasteiger partial charge in [-0.05, 0) is 37.1 Å². The second kappa shape index (κ2) is 15.0. The number of methoxy groups -OCH3 is 1. The van der Waals surface area contributed by atoms with Gasteiger partial charge in [-0.25, -0.2) is 9.97 Å². The zero-order valence-electron chi connectivity index (χ0n) is 25.1. The molecule has 1 aromatic carbocycles. The van der Waals surface area contributed by atoms with E-state index in [9.17, 15) is 9.59 Å². The van der Waals surface area contributed by atoms with Crippen molar-refractivity contribution in [2.24, 2.45) is 0 Å². The topological polar surface area (TPSA) is 163 Å². The van der Waals surface area contributed by atoms with E-state index < -0.39 is 5.91 Å². The highest BCUT2D eigenvalue weighted by molar-refractivity contribution is 6.35. The lowest BCUT2D eigenvalue weighted by Crippen LogP contribution is -2.35. The molecule has 0 spiro atoms. The van der Waals surface area contributed by atoms with Gasteiger partial charge < -0.3 is 31.1 Å². The molecule has 5 N–H and O–H groups in total. The van der Waals surface area contributed by atoms with Gasteiger partial charge in [-0.15, -0.1) is 0 Å². The number of hydrogen-bond acceptors (Lipinski definition) is 10. The van der Waals surface area contributed by atoms with Crippen LogP contribution in [0, 0.1) is 6.92 Å². The van der Waals surface area contributed by atoms with Gasteiger partial charge in [0.2, 0.25) is 11.8 Å². The zero-order chi connectivity index (χ0) is 31.8. The summed E-state index contributed by atoms with van der Waals surface area (Å²) in [5, 5.41) is 21.6. The quantitative estimate of drug-likeness (QED) is 0.139. The van der Waals surface area contributed by atoms with Crippen LogP contribution in [0.3, 0.4) is 0 Å². The van der Waals surface area contributed by atoms with Crippen LogP contribution in [0.4, 0.5) is 5.69 Å². The molecule has 234 valence electrons. The van der Waals surface area contributed by atoms with E-state index in [4.69, 9.17) is 26.4 Å². The summed E-state index contributed by atoms with van der Waals surface area (Å²) in [4.78, 5) is 42.3. The fourth-order valence-electron chi connectivity index (χ4n) is 5.04. The van der Waals surface area contributed by atoms with Crippen molar-refractivity contribution in [3.05, 3.63) is 82.5 Å². The molecule has 45 heavy (non-hydrogen) atoms. The molecule has 0 radical (unpaired) electrons. The SMILES string of the molecule is COc1nc(-c2ccnc(-c3cccc(NC(=O)c4cnc(CNCCO)cn4)c3C)c2Cl)ccc1CNC[C@@H]1CCC(=O)N1. The van der Waals surface area contributed by atoms with Gasteiger partial charge in [0.05, 0.1) is 48.2 Å². The summed E-state index contributed by atoms with van der Waals surface area (Å²) in [6.45, 7) is 4.00. The second-order valence-corrected chi connectivity index (χ2v) is 10.9. The predicted molar refractivity (Wildman–Crippen MR) is 171 cm³/mol. The molecule has 1 fully saturated rings. The summed E-state index contributed by atoms with van der Waals surface area (Å²) in [6.07, 6.45) is 6.01. The summed E-state index contributed by atoms with van der Waals surface area (Å²) in [5.74, 6) is 0.166. The van der Waals surface area contributed by atoms with Crippen LogP contribution in [0.25, 0.3) is 22.5 Å². The number of carbonyl (C=O) groups is 2. The number of pyridine rings is 2. The van der Waals surface area contributed by atoms with Gasteiger partial charge in [-0.2, -0.15) is 0 Å². The summed E-state index contributed by atoms with van der Waals surface area (Å²) in [5.41, 5.74) is 5.70. The molecule has 3 aromatic heterocycles. The lowest BCUT2D eigenvalue weighted by Gasteiger charge is -2.16. The number of aliphatic hydroxyl groups is 1. The highest BCUT2D eigenvalue weighted by Gasteiger charge is 2.21. The maximum absolute atomic E-state index is 13.0. The molecule has 1 aliphatic heterocycles. The molecule has 12 nitrogen and oxygen atoms in total. The Labute approximate surface area is 266 Å². The first-order chi connectivity index (χ1) is 21.9. The fraction of sp³-hybridized carbons (Fsp3) is 0.312. The van der Waals surface area contributed by atoms with Gasteiger partial charge in [-0.3, -0.25) is 19.6 Å². The van der Waals surface area contributed by atoms with Crippen LogP contribution in [0.5, 0.6) is 5.88 Å². The molecular weight excluding hydrogens is 596 g/mol. The molecular formula is C32H35ClN8O4. The second-order valence-electron chi connectivity index (χ2n) is 10.5. The maximum Gasteiger partial charge on any atom is 0.275 e. The minimum atomic E-state index is -0.399. The van der Waals surface area contributed by atoms with Gasteiger partial charge in [-0.1, -0.05) is 29.8 Å². The van der Waals surface area contributed by atoms with E-state index in [1.165, 1.54) is 12.4 Å². The molecule has 0 saturated carbocycles. The minimum Gasteiger partial charge on any atom is -0.481 e. The van der Waals surface area contributed by atoms with E-state index in [1.54, 1.807) is 25.4 Å². The third kappa shape index (κ3) is 7.78. The molecule has 0 unspecified atom stereocenters. The third-order valence-electron chi connectivity index (χ3n) is 7.46. The Morgan fingerprint density at radius 1 is 1.09 bits per heavy atom. The van der Waals surface area contributed by atoms with E-state index in [2.05, 4.69) is 36.2 Å². The number of halogens is 1. The number of nitrogens with one attached hydrogen (secondary N) is 4. The molecule has 1 atom stereocenters. The standard InChI is InChI=1S/C32H35ClN8O4/c1-19-23(4-3-5-25(19)40-31(44)27-18-37-22(17-38-27)16-34-12-13-42)30-29(33)24(10-11-36-30)26-8-6-20(32(41-26)45-2)14-35-15-21-7-9-28(43)39-21/h3-6,8,10-11,17-18,21,34-35,42H,7,9,12-16H2,1-2H3,(H,39,43)(H,40,44)/t21-/m0/s1. The van der Waals surface area contributed by atoms with Crippen molar-refractivity contribution < 1.29 is 19.4 Å². The third-order valence-corrected chi connectivity index (χ3v) is 7.84. The molecule has 0 aliphatic carbocycles. The number of carbonyl (C=O) groups excluding carboxylic acids is 2. The van der Waals surface area contributed by atoms with Crippen molar-refractivity contribution in [1.82, 2.24) is 35.9 Å². The van der Waals surface area contributed by atoms with Crippen LogP contribution in [0.15, 0.2) is 55.0 Å². The van der Waals surface area contributed by atoms with Crippen molar-refractivity contribution in [3.8, 4) is 28.4 Å². The number of benzene rings is 1. The van der Waals surface area contributed by atoms with Crippen LogP contribution in [0.1, 0.15) is 40.2 Å². The van der Waals surface area contributed by atoms with E-state index >= 15 is 0 Å². The number of aromatic nitrogens is 4. The molecule has 13 heteroatoms. The number of rotatable bonds is 13. The van der Waals surface area contributed by atoms with Gasteiger partial charge in [0.15, 0.2) is 0 Å². The average molecular weight is 631 g/mol. The highest BCUT2D eigenvalue weighted by atomic mass is 35.5. The zero-order valence-corrected chi connectivity index (χ0v) is 25.8. The molecule has 0 bridgehead atoms. The van der Waals surface area contributed by atoms with Crippen LogP contribution in [0.2, 0.25) is 5.02 Å². The van der Waals surface area contributed by atoms with Crippen LogP contribution >= 0.6 is 11.6 Å². The van der Waals surface area contributed by atoms with Crippen LogP contribution in [-0.2, 0) is 17.9 Å². The van der Waals surface area contributed by atoms with Crippen molar-refractivity contribution in [2.45, 2.75) is 38.9 Å². The van der Waals surface area contributed by atoms with Crippen LogP contribution < -0.4 is 26.0 Å². The highest BCUT2D eigenvalue weighted by Crippen LogP contribution is 2.38. The number of anilines is 1. The Bertz CT molecular complexity index is 1670. The summed E-state index contributed by atoms with van der Waals surface area (Å²) >= 11 is 6.95. The van der Waals surface area contributed by atoms with Crippen molar-refractivity contribution in [2.75, 3.05) is 32.1 Å². The predicted octanol–water partition coefficient (Wildman–Crippen LogP) is 3.27. The molecule has 1 aliphatic rings. The first kappa shape index (κ1) is 31.9. The van der Waals surface area contributed by atoms with Crippen molar-refractivity contribution in [1.29, 1.82) is 0 Å². The number of nitrogens with zero attached hydrogens (tertiary/aromatic N) is 4. The Kier molecular flexibility index (Phi) is 10.6. The van der Waals surface area contributed by atoms with Gasteiger partial charge in [0.25, 0.3) is 5.91 Å². The van der Waals surface area contributed by atoms with Crippen molar-refractivity contribution >= 4 is 29.1 Å². The van der Waals surface area contributed by atoms with E-state index in [1.807, 2.05) is 31.2 Å². The molecule has 4 heterocycles. The average Bonchev–Trinajstić information content (AvgIpc) is 3.47. The van der Waals surface area contributed by atoms with E-state index in [0.29, 0.717) is 71.8 Å². The summed E-state index contributed by atoms with van der Waals surface area (Å²) in [6, 6.07) is 11.3. The molecule has 5 rings (SSSR count). The summed E-state index contributed by atoms with van der Waals surface area (Å²) in [7, 11) is 1.58. The minimum absolute atomic E-state index is 0.0266. The van der Waals surface area contributed by atoms with E-state index in [-0.39, 0.29) is 24.2 Å². The first-order valence-corrected chi connectivity index (χ1v) is 15.0. The fourth-order valence-corrected chi connectivity index (χ4v) is 5.35. The maximum atomic E-state index is 13.0. The number of ether oxygens (including phenoxy) is 1.